The number of fused-ring (bicyclic) bond motifs is 5. The van der Waals surface area contributed by atoms with Gasteiger partial charge in [-0.05, 0) is 168 Å². The molecule has 0 aliphatic heterocycles. The number of esters is 1. The van der Waals surface area contributed by atoms with Gasteiger partial charge in [0.15, 0.2) is 0 Å². The van der Waals surface area contributed by atoms with Gasteiger partial charge in [0.2, 0.25) is 0 Å². The van der Waals surface area contributed by atoms with Crippen molar-refractivity contribution in [2.45, 2.75) is 164 Å². The van der Waals surface area contributed by atoms with Gasteiger partial charge in [0.25, 0.3) is 0 Å². The normalized spacial score (nSPS) is 30.2. The predicted molar refractivity (Wildman–Crippen MR) is 233 cm³/mol. The molecular formula is C51H74O7. The average Bonchev–Trinajstić information content (AvgIpc) is 3.44. The third-order valence-electron chi connectivity index (χ3n) is 15.7. The van der Waals surface area contributed by atoms with Gasteiger partial charge in [-0.2, -0.15) is 0 Å². The maximum atomic E-state index is 13.5. The van der Waals surface area contributed by atoms with Crippen molar-refractivity contribution in [3.8, 4) is 11.5 Å². The molecule has 7 heteroatoms. The van der Waals surface area contributed by atoms with Crippen molar-refractivity contribution < 1.29 is 34.8 Å². The molecule has 0 saturated heterocycles. The maximum absolute atomic E-state index is 13.5. The van der Waals surface area contributed by atoms with Gasteiger partial charge in [0.1, 0.15) is 29.5 Å². The first-order valence-corrected chi connectivity index (χ1v) is 22.1. The first-order valence-electron chi connectivity index (χ1n) is 22.1. The predicted octanol–water partition coefficient (Wildman–Crippen LogP) is 11.2. The van der Waals surface area contributed by atoms with Crippen LogP contribution in [0.1, 0.15) is 152 Å². The highest BCUT2D eigenvalue weighted by Gasteiger charge is 2.63. The molecule has 0 radical (unpaired) electrons. The highest BCUT2D eigenvalue weighted by molar-refractivity contribution is 5.88. The molecule has 320 valence electrons. The number of aliphatic hydroxyl groups excluding tert-OH is 1. The quantitative estimate of drug-likeness (QED) is 0.0568. The topological polar surface area (TPSA) is 124 Å². The highest BCUT2D eigenvalue weighted by Crippen LogP contribution is 2.71. The lowest BCUT2D eigenvalue weighted by Crippen LogP contribution is -2.53. The Labute approximate surface area is 349 Å². The number of ketones is 1. The van der Waals surface area contributed by atoms with Crippen LogP contribution in [0.25, 0.3) is 0 Å². The van der Waals surface area contributed by atoms with Crippen LogP contribution in [0, 0.1) is 39.4 Å². The van der Waals surface area contributed by atoms with Gasteiger partial charge < -0.3 is 25.2 Å². The average molecular weight is 799 g/mol. The molecule has 4 aliphatic rings. The van der Waals surface area contributed by atoms with E-state index in [1.165, 1.54) is 47.4 Å². The fourth-order valence-electron chi connectivity index (χ4n) is 11.5. The van der Waals surface area contributed by atoms with Crippen LogP contribution in [0.15, 0.2) is 76.4 Å². The Morgan fingerprint density at radius 1 is 0.966 bits per heavy atom. The molecule has 0 heterocycles. The molecule has 58 heavy (non-hydrogen) atoms. The van der Waals surface area contributed by atoms with Gasteiger partial charge >= 0.3 is 5.97 Å². The summed E-state index contributed by atoms with van der Waals surface area (Å²) in [4.78, 5) is 26.6. The number of phenolic OH excluding ortho intramolecular Hbond substituents is 2. The van der Waals surface area contributed by atoms with Crippen molar-refractivity contribution in [2.75, 3.05) is 6.61 Å². The van der Waals surface area contributed by atoms with E-state index in [1.807, 2.05) is 0 Å². The largest absolute Gasteiger partial charge is 0.508 e. The molecule has 0 spiro atoms. The van der Waals surface area contributed by atoms with Gasteiger partial charge in [-0.1, -0.05) is 83.1 Å². The molecule has 5 rings (SSSR count). The molecule has 1 aromatic carbocycles. The number of aliphatic hydroxyl groups is 2. The first-order chi connectivity index (χ1) is 27.1. The fraction of sp³-hybridized carbons (Fsp3) is 0.647. The summed E-state index contributed by atoms with van der Waals surface area (Å²) >= 11 is 0. The summed E-state index contributed by atoms with van der Waals surface area (Å²) in [6, 6.07) is 4.31. The van der Waals surface area contributed by atoms with Gasteiger partial charge in [-0.25, -0.2) is 4.79 Å². The molecule has 4 N–H and O–H groups in total. The Bertz CT molecular complexity index is 1850. The van der Waals surface area contributed by atoms with Gasteiger partial charge in [-0.15, -0.1) is 0 Å². The second kappa shape index (κ2) is 17.7. The van der Waals surface area contributed by atoms with Gasteiger partial charge in [-0.3, -0.25) is 4.79 Å². The summed E-state index contributed by atoms with van der Waals surface area (Å²) in [7, 11) is 0. The van der Waals surface area contributed by atoms with E-state index in [0.717, 1.165) is 51.4 Å². The summed E-state index contributed by atoms with van der Waals surface area (Å²) in [6.45, 7) is 21.4. The fourth-order valence-corrected chi connectivity index (χ4v) is 11.5. The molecule has 0 aromatic heterocycles. The highest BCUT2D eigenvalue weighted by atomic mass is 16.5. The van der Waals surface area contributed by atoms with E-state index in [2.05, 4.69) is 86.6 Å². The Morgan fingerprint density at radius 2 is 1.67 bits per heavy atom. The Kier molecular flexibility index (Phi) is 13.9. The van der Waals surface area contributed by atoms with Crippen molar-refractivity contribution in [2.24, 2.45) is 39.4 Å². The monoisotopic (exact) mass is 799 g/mol. The lowest BCUT2D eigenvalue weighted by atomic mass is 9.44. The lowest BCUT2D eigenvalue weighted by molar-refractivity contribution is -0.155. The molecule has 4 aliphatic carbocycles. The van der Waals surface area contributed by atoms with E-state index in [9.17, 15) is 30.0 Å². The second-order valence-corrected chi connectivity index (χ2v) is 20.3. The molecule has 2 saturated carbocycles. The van der Waals surface area contributed by atoms with Crippen LogP contribution < -0.4 is 0 Å². The summed E-state index contributed by atoms with van der Waals surface area (Å²) < 4.78 is 5.71. The molecule has 1 aromatic rings. The van der Waals surface area contributed by atoms with Crippen molar-refractivity contribution in [3.05, 3.63) is 82.0 Å². The molecule has 7 nitrogen and oxygen atoms in total. The Balaban J connectivity index is 1.21. The minimum Gasteiger partial charge on any atom is -0.508 e. The SMILES string of the molecule is CC(C)=CCCC(C)=CCCC(=CCc1cc(O)ccc1O)C(=O)OCC(C)(O)C(O)CCC(C)C1CCC2(C)C3=CCC4C(C)(C)C(=O)CCC4(C)C3=CCC12C. The van der Waals surface area contributed by atoms with Crippen LogP contribution in [-0.2, 0) is 20.7 Å². The zero-order chi connectivity index (χ0) is 42.8. The third-order valence-corrected chi connectivity index (χ3v) is 15.7. The molecule has 0 amide bonds. The Morgan fingerprint density at radius 3 is 2.38 bits per heavy atom. The number of hydrogen-bond donors (Lipinski definition) is 4. The van der Waals surface area contributed by atoms with Crippen LogP contribution in [0.2, 0.25) is 0 Å². The van der Waals surface area contributed by atoms with Crippen molar-refractivity contribution in [3.63, 3.8) is 0 Å². The van der Waals surface area contributed by atoms with E-state index in [-0.39, 0.29) is 46.2 Å². The summed E-state index contributed by atoms with van der Waals surface area (Å²) in [5.74, 6) is 0.971. The Hall–Kier alpha value is -3.42. The number of phenols is 2. The van der Waals surface area contributed by atoms with E-state index >= 15 is 0 Å². The molecule has 8 atom stereocenters. The van der Waals surface area contributed by atoms with Gasteiger partial charge in [0, 0.05) is 23.0 Å². The molecule has 2 fully saturated rings. The third kappa shape index (κ3) is 9.16. The smallest absolute Gasteiger partial charge is 0.333 e. The zero-order valence-electron chi connectivity index (χ0n) is 37.3. The first kappa shape index (κ1) is 45.7. The maximum Gasteiger partial charge on any atom is 0.333 e. The number of hydrogen-bond acceptors (Lipinski definition) is 7. The number of rotatable bonds is 16. The number of Topliss-reactive ketones (excluding diaryl/α,β-unsaturated/α-hetero) is 1. The van der Waals surface area contributed by atoms with E-state index in [4.69, 9.17) is 4.74 Å². The minimum atomic E-state index is -1.64. The van der Waals surface area contributed by atoms with E-state index < -0.39 is 17.7 Å². The number of allylic oxidation sites excluding steroid dienone is 9. The van der Waals surface area contributed by atoms with E-state index in [1.54, 1.807) is 6.08 Å². The van der Waals surface area contributed by atoms with E-state index in [0.29, 0.717) is 60.4 Å². The van der Waals surface area contributed by atoms with Crippen molar-refractivity contribution in [1.29, 1.82) is 0 Å². The van der Waals surface area contributed by atoms with Crippen LogP contribution >= 0.6 is 0 Å². The number of carbonyl (C=O) groups is 2. The van der Waals surface area contributed by atoms with Crippen LogP contribution in [0.5, 0.6) is 11.5 Å². The summed E-state index contributed by atoms with van der Waals surface area (Å²) in [5.41, 5.74) is 4.59. The number of aromatic hydroxyl groups is 2. The van der Waals surface area contributed by atoms with Crippen LogP contribution in [0.3, 0.4) is 0 Å². The minimum absolute atomic E-state index is 0.0153. The van der Waals surface area contributed by atoms with Gasteiger partial charge in [0.05, 0.1) is 6.10 Å². The number of benzene rings is 1. The van der Waals surface area contributed by atoms with Crippen LogP contribution in [-0.4, -0.2) is 50.5 Å². The van der Waals surface area contributed by atoms with Crippen molar-refractivity contribution >= 4 is 11.8 Å². The number of ether oxygens (including phenoxy) is 1. The summed E-state index contributed by atoms with van der Waals surface area (Å²) in [5, 5.41) is 43.1. The number of carbonyl (C=O) groups excluding carboxylic acids is 2. The standard InChI is InChI=1S/C51H74O7/c1-33(2)13-11-14-34(3)15-12-16-36(18-19-37-31-38(52)20-22-42(37)53)46(56)58-32-51(10,57)45(55)24-17-35(4)39-25-29-50(9)41-21-23-43-47(5,6)44(54)27-28-48(43,7)40(41)26-30-49(39,50)8/h13,15,18,20-22,26,31,35,39,43,45,52-53,55,57H,11-12,14,16-17,19,23-25,27-30,32H2,1-10H3. The van der Waals surface area contributed by atoms with Crippen LogP contribution in [0.4, 0.5) is 0 Å². The molecule has 0 bridgehead atoms. The second-order valence-electron chi connectivity index (χ2n) is 20.3. The van der Waals surface area contributed by atoms with Crippen molar-refractivity contribution in [1.82, 2.24) is 0 Å². The molecular weight excluding hydrogens is 725 g/mol. The zero-order valence-corrected chi connectivity index (χ0v) is 37.3. The summed E-state index contributed by atoms with van der Waals surface area (Å²) in [6.07, 6.45) is 20.0. The molecule has 8 unspecified atom stereocenters. The lowest BCUT2D eigenvalue weighted by Gasteiger charge is -2.59.